The number of benzene rings is 1. The molecule has 0 aliphatic carbocycles. The highest BCUT2D eigenvalue weighted by atomic mass is 35.5. The molecule has 2 N–H and O–H groups in total. The zero-order chi connectivity index (χ0) is 12.3. The van der Waals surface area contributed by atoms with Crippen LogP contribution < -0.4 is 5.73 Å². The number of halogens is 2. The van der Waals surface area contributed by atoms with Crippen LogP contribution in [0.3, 0.4) is 0 Å². The van der Waals surface area contributed by atoms with Gasteiger partial charge in [-0.1, -0.05) is 37.6 Å². The van der Waals surface area contributed by atoms with Crippen LogP contribution in [0.1, 0.15) is 32.8 Å². The SMILES string of the molecule is CC(N)CC(C)(C)Cc1cccc(F)c1Cl. The molecule has 16 heavy (non-hydrogen) atoms. The van der Waals surface area contributed by atoms with Crippen molar-refractivity contribution in [2.45, 2.75) is 39.7 Å². The molecule has 0 heterocycles. The molecule has 1 rings (SSSR count). The van der Waals surface area contributed by atoms with E-state index in [0.29, 0.717) is 0 Å². The van der Waals surface area contributed by atoms with Gasteiger partial charge in [0.05, 0.1) is 5.02 Å². The van der Waals surface area contributed by atoms with Crippen molar-refractivity contribution in [1.82, 2.24) is 0 Å². The van der Waals surface area contributed by atoms with Crippen LogP contribution in [-0.2, 0) is 6.42 Å². The molecule has 0 aromatic heterocycles. The largest absolute Gasteiger partial charge is 0.328 e. The first-order valence-corrected chi connectivity index (χ1v) is 5.88. The van der Waals surface area contributed by atoms with Gasteiger partial charge in [-0.3, -0.25) is 0 Å². The molecule has 1 unspecified atom stereocenters. The van der Waals surface area contributed by atoms with Gasteiger partial charge in [-0.15, -0.1) is 0 Å². The molecule has 1 aromatic carbocycles. The van der Waals surface area contributed by atoms with Crippen molar-refractivity contribution in [3.8, 4) is 0 Å². The first-order valence-electron chi connectivity index (χ1n) is 5.50. The van der Waals surface area contributed by atoms with Crippen LogP contribution in [0.5, 0.6) is 0 Å². The van der Waals surface area contributed by atoms with Gasteiger partial charge >= 0.3 is 0 Å². The standard InChI is InChI=1S/C13H19ClFN/c1-9(16)7-13(2,3)8-10-5-4-6-11(15)12(10)14/h4-6,9H,7-8,16H2,1-3H3. The van der Waals surface area contributed by atoms with E-state index in [1.807, 2.05) is 13.0 Å². The molecule has 0 spiro atoms. The maximum atomic E-state index is 13.3. The molecule has 1 atom stereocenters. The Bertz CT molecular complexity index is 361. The second-order valence-corrected chi connectivity index (χ2v) is 5.61. The van der Waals surface area contributed by atoms with Gasteiger partial charge in [0.2, 0.25) is 0 Å². The molecule has 0 saturated heterocycles. The molecule has 0 bridgehead atoms. The highest BCUT2D eigenvalue weighted by molar-refractivity contribution is 6.31. The summed E-state index contributed by atoms with van der Waals surface area (Å²) in [5.41, 5.74) is 6.68. The van der Waals surface area contributed by atoms with Crippen LogP contribution >= 0.6 is 11.6 Å². The third-order valence-corrected chi connectivity index (χ3v) is 3.00. The van der Waals surface area contributed by atoms with Crippen LogP contribution in [-0.4, -0.2) is 6.04 Å². The highest BCUT2D eigenvalue weighted by Gasteiger charge is 2.22. The average molecular weight is 244 g/mol. The topological polar surface area (TPSA) is 26.0 Å². The van der Waals surface area contributed by atoms with Gasteiger partial charge in [-0.2, -0.15) is 0 Å². The monoisotopic (exact) mass is 243 g/mol. The fourth-order valence-electron chi connectivity index (χ4n) is 2.14. The summed E-state index contributed by atoms with van der Waals surface area (Å²) in [7, 11) is 0. The number of hydrogen-bond acceptors (Lipinski definition) is 1. The number of nitrogens with two attached hydrogens (primary N) is 1. The van der Waals surface area contributed by atoms with Crippen molar-refractivity contribution in [2.75, 3.05) is 0 Å². The molecule has 0 fully saturated rings. The van der Waals surface area contributed by atoms with Crippen molar-refractivity contribution >= 4 is 11.6 Å². The highest BCUT2D eigenvalue weighted by Crippen LogP contribution is 2.31. The first kappa shape index (κ1) is 13.5. The van der Waals surface area contributed by atoms with E-state index in [1.54, 1.807) is 6.07 Å². The zero-order valence-electron chi connectivity index (χ0n) is 10.1. The van der Waals surface area contributed by atoms with Gasteiger partial charge in [0, 0.05) is 6.04 Å². The smallest absolute Gasteiger partial charge is 0.142 e. The van der Waals surface area contributed by atoms with Gasteiger partial charge < -0.3 is 5.73 Å². The second-order valence-electron chi connectivity index (χ2n) is 5.24. The van der Waals surface area contributed by atoms with Crippen molar-refractivity contribution in [2.24, 2.45) is 11.1 Å². The number of rotatable bonds is 4. The molecule has 0 aliphatic rings. The third kappa shape index (κ3) is 3.76. The summed E-state index contributed by atoms with van der Waals surface area (Å²) in [6.45, 7) is 6.23. The lowest BCUT2D eigenvalue weighted by molar-refractivity contribution is 0.309. The fourth-order valence-corrected chi connectivity index (χ4v) is 2.34. The van der Waals surface area contributed by atoms with E-state index >= 15 is 0 Å². The molecule has 1 aromatic rings. The Morgan fingerprint density at radius 3 is 2.62 bits per heavy atom. The number of hydrogen-bond donors (Lipinski definition) is 1. The van der Waals surface area contributed by atoms with Gasteiger partial charge in [0.15, 0.2) is 0 Å². The van der Waals surface area contributed by atoms with Crippen LogP contribution in [0.2, 0.25) is 5.02 Å². The van der Waals surface area contributed by atoms with Crippen LogP contribution in [0, 0.1) is 11.2 Å². The summed E-state index contributed by atoms with van der Waals surface area (Å²) >= 11 is 5.93. The molecule has 0 amide bonds. The molecule has 3 heteroatoms. The Balaban J connectivity index is 2.83. The third-order valence-electron chi connectivity index (χ3n) is 2.58. The minimum Gasteiger partial charge on any atom is -0.328 e. The van der Waals surface area contributed by atoms with Crippen molar-refractivity contribution < 1.29 is 4.39 Å². The summed E-state index contributed by atoms with van der Waals surface area (Å²) in [5.74, 6) is -0.351. The predicted octanol–water partition coefficient (Wildman–Crippen LogP) is 3.79. The maximum Gasteiger partial charge on any atom is 0.142 e. The van der Waals surface area contributed by atoms with Crippen LogP contribution in [0.15, 0.2) is 18.2 Å². The van der Waals surface area contributed by atoms with Crippen molar-refractivity contribution in [3.63, 3.8) is 0 Å². The summed E-state index contributed by atoms with van der Waals surface area (Å²) < 4.78 is 13.3. The lowest BCUT2D eigenvalue weighted by atomic mass is 9.80. The zero-order valence-corrected chi connectivity index (χ0v) is 10.8. The summed E-state index contributed by atoms with van der Waals surface area (Å²) in [5, 5.41) is 0.236. The van der Waals surface area contributed by atoms with E-state index in [1.165, 1.54) is 6.07 Å². The van der Waals surface area contributed by atoms with Crippen LogP contribution in [0.4, 0.5) is 4.39 Å². The molecule has 1 nitrogen and oxygen atoms in total. The molecular weight excluding hydrogens is 225 g/mol. The van der Waals surface area contributed by atoms with Gasteiger partial charge in [0.25, 0.3) is 0 Å². The van der Waals surface area contributed by atoms with E-state index in [4.69, 9.17) is 17.3 Å². The minimum absolute atomic E-state index is 0.0333. The molecule has 0 radical (unpaired) electrons. The van der Waals surface area contributed by atoms with E-state index < -0.39 is 0 Å². The van der Waals surface area contributed by atoms with Gasteiger partial charge in [-0.25, -0.2) is 4.39 Å². The fraction of sp³-hybridized carbons (Fsp3) is 0.538. The van der Waals surface area contributed by atoms with E-state index in [-0.39, 0.29) is 22.3 Å². The molecule has 90 valence electrons. The molecule has 0 aliphatic heterocycles. The second kappa shape index (κ2) is 5.15. The van der Waals surface area contributed by atoms with Crippen molar-refractivity contribution in [1.29, 1.82) is 0 Å². The van der Waals surface area contributed by atoms with E-state index in [2.05, 4.69) is 13.8 Å². The first-order chi connectivity index (χ1) is 7.32. The Morgan fingerprint density at radius 2 is 2.06 bits per heavy atom. The van der Waals surface area contributed by atoms with Gasteiger partial charge in [0.1, 0.15) is 5.82 Å². The van der Waals surface area contributed by atoms with E-state index in [9.17, 15) is 4.39 Å². The summed E-state index contributed by atoms with van der Waals surface area (Å²) in [4.78, 5) is 0. The quantitative estimate of drug-likeness (QED) is 0.856. The molecule has 0 saturated carbocycles. The average Bonchev–Trinajstić information content (AvgIpc) is 2.10. The lowest BCUT2D eigenvalue weighted by Gasteiger charge is -2.27. The Kier molecular flexibility index (Phi) is 4.34. The maximum absolute atomic E-state index is 13.3. The minimum atomic E-state index is -0.351. The normalized spacial score (nSPS) is 13.9. The molecular formula is C13H19ClFN. The predicted molar refractivity (Wildman–Crippen MR) is 67.2 cm³/mol. The van der Waals surface area contributed by atoms with E-state index in [0.717, 1.165) is 18.4 Å². The van der Waals surface area contributed by atoms with Gasteiger partial charge in [-0.05, 0) is 36.8 Å². The summed E-state index contributed by atoms with van der Waals surface area (Å²) in [6.07, 6.45) is 1.63. The summed E-state index contributed by atoms with van der Waals surface area (Å²) in [6, 6.07) is 5.08. The Hall–Kier alpha value is -0.600. The Labute approximate surface area is 102 Å². The van der Waals surface area contributed by atoms with Crippen molar-refractivity contribution in [3.05, 3.63) is 34.6 Å². The lowest BCUT2D eigenvalue weighted by Crippen LogP contribution is -2.26. The Morgan fingerprint density at radius 1 is 1.44 bits per heavy atom. The van der Waals surface area contributed by atoms with Crippen LogP contribution in [0.25, 0.3) is 0 Å².